The summed E-state index contributed by atoms with van der Waals surface area (Å²) in [6, 6.07) is 5.34. The fraction of sp³-hybridized carbons (Fsp3) is 0.182. The highest BCUT2D eigenvalue weighted by Gasteiger charge is 2.01. The Labute approximate surface area is 77.5 Å². The lowest BCUT2D eigenvalue weighted by molar-refractivity contribution is 0.112. The number of carbonyl (C=O) groups excluding carboxylic acids is 1. The Bertz CT molecular complexity index is 348. The van der Waals surface area contributed by atoms with Gasteiger partial charge in [-0.2, -0.15) is 0 Å². The molecule has 0 amide bonds. The second-order valence-corrected chi connectivity index (χ2v) is 2.58. The summed E-state index contributed by atoms with van der Waals surface area (Å²) < 4.78 is 4.99. The highest BCUT2D eigenvalue weighted by molar-refractivity contribution is 5.79. The van der Waals surface area contributed by atoms with E-state index in [9.17, 15) is 4.79 Å². The number of carbonyl (C=O) groups is 1. The summed E-state index contributed by atoms with van der Waals surface area (Å²) in [5.41, 5.74) is 1.49. The molecule has 13 heavy (non-hydrogen) atoms. The van der Waals surface area contributed by atoms with Crippen LogP contribution in [0.15, 0.2) is 18.2 Å². The van der Waals surface area contributed by atoms with Gasteiger partial charge >= 0.3 is 0 Å². The maximum absolute atomic E-state index is 10.6. The number of rotatable bonds is 3. The largest absolute Gasteiger partial charge is 0.496 e. The van der Waals surface area contributed by atoms with Gasteiger partial charge in [0.2, 0.25) is 0 Å². The zero-order chi connectivity index (χ0) is 9.68. The second-order valence-electron chi connectivity index (χ2n) is 2.58. The minimum Gasteiger partial charge on any atom is -0.496 e. The van der Waals surface area contributed by atoms with Gasteiger partial charge in [-0.3, -0.25) is 4.79 Å². The molecule has 2 heteroatoms. The molecule has 0 aromatic heterocycles. The topological polar surface area (TPSA) is 26.3 Å². The number of benzene rings is 1. The van der Waals surface area contributed by atoms with E-state index in [0.717, 1.165) is 11.8 Å². The Kier molecular flexibility index (Phi) is 3.10. The van der Waals surface area contributed by atoms with Gasteiger partial charge in [-0.1, -0.05) is 6.07 Å². The summed E-state index contributed by atoms with van der Waals surface area (Å²) in [7, 11) is 1.53. The van der Waals surface area contributed by atoms with Crippen molar-refractivity contribution < 1.29 is 9.53 Å². The smallest absolute Gasteiger partial charge is 0.153 e. The van der Waals surface area contributed by atoms with Crippen molar-refractivity contribution in [3.63, 3.8) is 0 Å². The molecule has 0 N–H and O–H groups in total. The van der Waals surface area contributed by atoms with Crippen LogP contribution in [0.1, 0.15) is 15.9 Å². The summed E-state index contributed by atoms with van der Waals surface area (Å²) in [4.78, 5) is 10.6. The zero-order valence-corrected chi connectivity index (χ0v) is 7.41. The molecule has 0 aliphatic rings. The first kappa shape index (κ1) is 9.34. The van der Waals surface area contributed by atoms with Crippen molar-refractivity contribution in [1.29, 1.82) is 0 Å². The standard InChI is InChI=1S/C11H10O2/c1-3-4-9-5-6-11(13-2)10(7-9)8-12/h1,5-8H,4H2,2H3. The second kappa shape index (κ2) is 4.32. The summed E-state index contributed by atoms with van der Waals surface area (Å²) >= 11 is 0. The third-order valence-electron chi connectivity index (χ3n) is 1.73. The van der Waals surface area contributed by atoms with Crippen LogP contribution in [0.5, 0.6) is 5.75 Å². The number of hydrogen-bond acceptors (Lipinski definition) is 2. The molecule has 0 unspecified atom stereocenters. The highest BCUT2D eigenvalue weighted by Crippen LogP contribution is 2.17. The van der Waals surface area contributed by atoms with Crippen molar-refractivity contribution >= 4 is 6.29 Å². The quantitative estimate of drug-likeness (QED) is 0.514. The van der Waals surface area contributed by atoms with Crippen LogP contribution in [0.25, 0.3) is 0 Å². The van der Waals surface area contributed by atoms with Crippen LogP contribution in [0.3, 0.4) is 0 Å². The average molecular weight is 174 g/mol. The molecule has 0 spiro atoms. The zero-order valence-electron chi connectivity index (χ0n) is 7.41. The van der Waals surface area contributed by atoms with E-state index in [2.05, 4.69) is 5.92 Å². The Hall–Kier alpha value is -1.75. The maximum atomic E-state index is 10.6. The Morgan fingerprint density at radius 2 is 2.38 bits per heavy atom. The molecule has 66 valence electrons. The van der Waals surface area contributed by atoms with E-state index in [-0.39, 0.29) is 0 Å². The van der Waals surface area contributed by atoms with E-state index in [4.69, 9.17) is 11.2 Å². The predicted octanol–water partition coefficient (Wildman–Crippen LogP) is 1.68. The summed E-state index contributed by atoms with van der Waals surface area (Å²) in [5.74, 6) is 3.10. The summed E-state index contributed by atoms with van der Waals surface area (Å²) in [6.07, 6.45) is 6.45. The van der Waals surface area contributed by atoms with E-state index in [1.54, 1.807) is 12.1 Å². The number of terminal acetylenes is 1. The van der Waals surface area contributed by atoms with E-state index in [0.29, 0.717) is 17.7 Å². The van der Waals surface area contributed by atoms with E-state index in [1.165, 1.54) is 7.11 Å². The van der Waals surface area contributed by atoms with Gasteiger partial charge < -0.3 is 4.74 Å². The van der Waals surface area contributed by atoms with Crippen LogP contribution in [-0.4, -0.2) is 13.4 Å². The predicted molar refractivity (Wildman–Crippen MR) is 50.9 cm³/mol. The molecule has 1 aromatic rings. The fourth-order valence-electron chi connectivity index (χ4n) is 1.10. The van der Waals surface area contributed by atoms with Crippen LogP contribution in [0.2, 0.25) is 0 Å². The SMILES string of the molecule is C#CCc1ccc(OC)c(C=O)c1. The van der Waals surface area contributed by atoms with Crippen molar-refractivity contribution in [3.8, 4) is 18.1 Å². The van der Waals surface area contributed by atoms with Crippen molar-refractivity contribution in [3.05, 3.63) is 29.3 Å². The van der Waals surface area contributed by atoms with Crippen molar-refractivity contribution in [1.82, 2.24) is 0 Å². The Balaban J connectivity index is 3.07. The number of methoxy groups -OCH3 is 1. The fourth-order valence-corrected chi connectivity index (χ4v) is 1.10. The normalized spacial score (nSPS) is 8.92. The first-order valence-corrected chi connectivity index (χ1v) is 3.87. The van der Waals surface area contributed by atoms with Gasteiger partial charge in [0, 0.05) is 6.42 Å². The van der Waals surface area contributed by atoms with Crippen molar-refractivity contribution in [2.24, 2.45) is 0 Å². The molecule has 0 heterocycles. The van der Waals surface area contributed by atoms with Gasteiger partial charge in [-0.05, 0) is 17.7 Å². The number of hydrogen-bond donors (Lipinski definition) is 0. The van der Waals surface area contributed by atoms with Crippen LogP contribution in [-0.2, 0) is 6.42 Å². The molecule has 0 radical (unpaired) electrons. The maximum Gasteiger partial charge on any atom is 0.153 e. The third-order valence-corrected chi connectivity index (χ3v) is 1.73. The van der Waals surface area contributed by atoms with Gasteiger partial charge in [0.15, 0.2) is 6.29 Å². The molecule has 0 saturated carbocycles. The molecule has 0 fully saturated rings. The molecule has 0 aliphatic heterocycles. The van der Waals surface area contributed by atoms with Crippen molar-refractivity contribution in [2.75, 3.05) is 7.11 Å². The van der Waals surface area contributed by atoms with Gasteiger partial charge in [0.05, 0.1) is 12.7 Å². The lowest BCUT2D eigenvalue weighted by Crippen LogP contribution is -1.92. The van der Waals surface area contributed by atoms with E-state index in [1.807, 2.05) is 6.07 Å². The lowest BCUT2D eigenvalue weighted by atomic mass is 10.1. The third kappa shape index (κ3) is 2.09. The molecular formula is C11H10O2. The van der Waals surface area contributed by atoms with Gasteiger partial charge in [0.25, 0.3) is 0 Å². The van der Waals surface area contributed by atoms with Crippen LogP contribution < -0.4 is 4.74 Å². The molecule has 0 aliphatic carbocycles. The Morgan fingerprint density at radius 3 is 2.92 bits per heavy atom. The summed E-state index contributed by atoms with van der Waals surface area (Å²) in [6.45, 7) is 0. The molecular weight excluding hydrogens is 164 g/mol. The van der Waals surface area contributed by atoms with Crippen LogP contribution >= 0.6 is 0 Å². The van der Waals surface area contributed by atoms with Crippen molar-refractivity contribution in [2.45, 2.75) is 6.42 Å². The molecule has 0 atom stereocenters. The Morgan fingerprint density at radius 1 is 1.62 bits per heavy atom. The minimum atomic E-state index is 0.533. The monoisotopic (exact) mass is 174 g/mol. The van der Waals surface area contributed by atoms with Gasteiger partial charge in [-0.25, -0.2) is 0 Å². The number of aldehydes is 1. The first-order valence-electron chi connectivity index (χ1n) is 3.87. The minimum absolute atomic E-state index is 0.533. The average Bonchev–Trinajstić information content (AvgIpc) is 2.18. The molecule has 1 aromatic carbocycles. The lowest BCUT2D eigenvalue weighted by Gasteiger charge is -2.04. The van der Waals surface area contributed by atoms with E-state index >= 15 is 0 Å². The van der Waals surface area contributed by atoms with E-state index < -0.39 is 0 Å². The molecule has 0 bridgehead atoms. The van der Waals surface area contributed by atoms with Gasteiger partial charge in [0.1, 0.15) is 5.75 Å². The first-order chi connectivity index (χ1) is 6.31. The molecule has 2 nitrogen and oxygen atoms in total. The van der Waals surface area contributed by atoms with Gasteiger partial charge in [-0.15, -0.1) is 12.3 Å². The highest BCUT2D eigenvalue weighted by atomic mass is 16.5. The van der Waals surface area contributed by atoms with Crippen LogP contribution in [0, 0.1) is 12.3 Å². The van der Waals surface area contributed by atoms with Crippen LogP contribution in [0.4, 0.5) is 0 Å². The molecule has 0 saturated heterocycles. The number of ether oxygens (including phenoxy) is 1. The molecule has 1 rings (SSSR count). The summed E-state index contributed by atoms with van der Waals surface area (Å²) in [5, 5.41) is 0.